The predicted molar refractivity (Wildman–Crippen MR) is 71.9 cm³/mol. The van der Waals surface area contributed by atoms with Gasteiger partial charge in [-0.2, -0.15) is 0 Å². The molecular weight excluding hydrogens is 228 g/mol. The number of carbonyl (C=O) groups excluding carboxylic acids is 1. The Morgan fingerprint density at radius 3 is 2.78 bits per heavy atom. The fourth-order valence-corrected chi connectivity index (χ4v) is 1.72. The van der Waals surface area contributed by atoms with Crippen LogP contribution in [-0.2, 0) is 0 Å². The van der Waals surface area contributed by atoms with Gasteiger partial charge in [0.05, 0.1) is 12.7 Å². The van der Waals surface area contributed by atoms with Crippen molar-refractivity contribution >= 4 is 5.91 Å². The van der Waals surface area contributed by atoms with Crippen LogP contribution >= 0.6 is 0 Å². The molecule has 0 aromatic carbocycles. The second-order valence-corrected chi connectivity index (χ2v) is 4.46. The Hall–Kier alpha value is -1.58. The molecule has 1 amide bonds. The molecule has 0 saturated carbocycles. The van der Waals surface area contributed by atoms with Crippen molar-refractivity contribution in [3.8, 4) is 5.88 Å². The summed E-state index contributed by atoms with van der Waals surface area (Å²) < 4.78 is 4.95. The Balaban J connectivity index is 2.43. The molecule has 1 atom stereocenters. The zero-order valence-electron chi connectivity index (χ0n) is 11.4. The second kappa shape index (κ2) is 7.69. The molecule has 0 radical (unpaired) electrons. The maximum Gasteiger partial charge on any atom is 0.253 e. The van der Waals surface area contributed by atoms with E-state index in [9.17, 15) is 4.79 Å². The summed E-state index contributed by atoms with van der Waals surface area (Å²) in [5.41, 5.74) is 0.568. The van der Waals surface area contributed by atoms with E-state index in [1.54, 1.807) is 19.2 Å². The highest BCUT2D eigenvalue weighted by Crippen LogP contribution is 2.08. The monoisotopic (exact) mass is 250 g/mol. The van der Waals surface area contributed by atoms with Gasteiger partial charge < -0.3 is 10.1 Å². The Labute approximate surface area is 109 Å². The fourth-order valence-electron chi connectivity index (χ4n) is 1.72. The number of ether oxygens (including phenoxy) is 1. The third kappa shape index (κ3) is 4.73. The molecule has 1 aromatic heterocycles. The van der Waals surface area contributed by atoms with Crippen molar-refractivity contribution < 1.29 is 9.53 Å². The van der Waals surface area contributed by atoms with Crippen LogP contribution in [0, 0.1) is 0 Å². The van der Waals surface area contributed by atoms with Gasteiger partial charge in [0.2, 0.25) is 5.88 Å². The molecule has 4 heteroatoms. The molecule has 1 unspecified atom stereocenters. The van der Waals surface area contributed by atoms with Gasteiger partial charge in [0.15, 0.2) is 0 Å². The van der Waals surface area contributed by atoms with Crippen molar-refractivity contribution in [2.24, 2.45) is 0 Å². The van der Waals surface area contributed by atoms with Gasteiger partial charge >= 0.3 is 0 Å². The topological polar surface area (TPSA) is 51.2 Å². The van der Waals surface area contributed by atoms with Gasteiger partial charge in [0.25, 0.3) is 5.91 Å². The van der Waals surface area contributed by atoms with Gasteiger partial charge in [-0.3, -0.25) is 4.79 Å². The average Bonchev–Trinajstić information content (AvgIpc) is 2.39. The molecule has 1 aromatic rings. The quantitative estimate of drug-likeness (QED) is 0.757. The summed E-state index contributed by atoms with van der Waals surface area (Å²) >= 11 is 0. The fraction of sp³-hybridized carbons (Fsp3) is 0.571. The van der Waals surface area contributed by atoms with E-state index >= 15 is 0 Å². The number of pyridine rings is 1. The van der Waals surface area contributed by atoms with E-state index in [1.807, 2.05) is 6.92 Å². The number of carbonyl (C=O) groups is 1. The van der Waals surface area contributed by atoms with Gasteiger partial charge in [-0.25, -0.2) is 4.98 Å². The first-order chi connectivity index (χ1) is 8.67. The minimum Gasteiger partial charge on any atom is -0.481 e. The molecule has 0 aliphatic heterocycles. The number of rotatable bonds is 7. The van der Waals surface area contributed by atoms with E-state index in [1.165, 1.54) is 19.0 Å². The number of unbranched alkanes of at least 4 members (excludes halogenated alkanes) is 2. The van der Waals surface area contributed by atoms with E-state index in [2.05, 4.69) is 17.2 Å². The summed E-state index contributed by atoms with van der Waals surface area (Å²) in [7, 11) is 1.55. The molecule has 1 heterocycles. The van der Waals surface area contributed by atoms with Crippen molar-refractivity contribution in [1.29, 1.82) is 0 Å². The maximum atomic E-state index is 11.9. The number of methoxy groups -OCH3 is 1. The Kier molecular flexibility index (Phi) is 6.19. The Morgan fingerprint density at radius 1 is 1.44 bits per heavy atom. The largest absolute Gasteiger partial charge is 0.481 e. The second-order valence-electron chi connectivity index (χ2n) is 4.46. The van der Waals surface area contributed by atoms with Crippen LogP contribution in [0.4, 0.5) is 0 Å². The minimum atomic E-state index is -0.0749. The molecular formula is C14H22N2O2. The van der Waals surface area contributed by atoms with Gasteiger partial charge in [-0.1, -0.05) is 26.2 Å². The molecule has 1 rings (SSSR count). The highest BCUT2D eigenvalue weighted by atomic mass is 16.5. The van der Waals surface area contributed by atoms with Crippen LogP contribution in [0.3, 0.4) is 0 Å². The zero-order valence-corrected chi connectivity index (χ0v) is 11.4. The molecule has 1 N–H and O–H groups in total. The van der Waals surface area contributed by atoms with E-state index < -0.39 is 0 Å². The zero-order chi connectivity index (χ0) is 13.4. The summed E-state index contributed by atoms with van der Waals surface area (Å²) in [5, 5.41) is 2.97. The molecule has 100 valence electrons. The lowest BCUT2D eigenvalue weighted by molar-refractivity contribution is 0.0937. The van der Waals surface area contributed by atoms with E-state index in [4.69, 9.17) is 4.74 Å². The number of hydrogen-bond acceptors (Lipinski definition) is 3. The molecule has 18 heavy (non-hydrogen) atoms. The number of aromatic nitrogens is 1. The third-order valence-corrected chi connectivity index (χ3v) is 2.83. The van der Waals surface area contributed by atoms with Crippen LogP contribution < -0.4 is 10.1 Å². The minimum absolute atomic E-state index is 0.0749. The summed E-state index contributed by atoms with van der Waals surface area (Å²) in [5.74, 6) is 0.441. The first-order valence-electron chi connectivity index (χ1n) is 6.48. The number of nitrogens with one attached hydrogen (secondary N) is 1. The average molecular weight is 250 g/mol. The van der Waals surface area contributed by atoms with Crippen LogP contribution in [0.25, 0.3) is 0 Å². The normalized spacial score (nSPS) is 11.9. The number of nitrogens with zero attached hydrogens (tertiary/aromatic N) is 1. The van der Waals surface area contributed by atoms with E-state index in [0.717, 1.165) is 12.8 Å². The van der Waals surface area contributed by atoms with Crippen molar-refractivity contribution in [1.82, 2.24) is 10.3 Å². The predicted octanol–water partition coefficient (Wildman–Crippen LogP) is 2.79. The smallest absolute Gasteiger partial charge is 0.253 e. The van der Waals surface area contributed by atoms with Gasteiger partial charge in [0.1, 0.15) is 0 Å². The van der Waals surface area contributed by atoms with Crippen LogP contribution in [-0.4, -0.2) is 24.0 Å². The first-order valence-corrected chi connectivity index (χ1v) is 6.48. The van der Waals surface area contributed by atoms with Crippen LogP contribution in [0.15, 0.2) is 18.3 Å². The van der Waals surface area contributed by atoms with Crippen molar-refractivity contribution in [2.45, 2.75) is 45.6 Å². The van der Waals surface area contributed by atoms with E-state index in [0.29, 0.717) is 11.4 Å². The summed E-state index contributed by atoms with van der Waals surface area (Å²) in [6, 6.07) is 3.61. The van der Waals surface area contributed by atoms with Gasteiger partial charge in [-0.05, 0) is 19.4 Å². The Morgan fingerprint density at radius 2 is 2.22 bits per heavy atom. The maximum absolute atomic E-state index is 11.9. The van der Waals surface area contributed by atoms with E-state index in [-0.39, 0.29) is 11.9 Å². The van der Waals surface area contributed by atoms with Gasteiger partial charge in [0, 0.05) is 18.3 Å². The SMILES string of the molecule is CCCCCC(C)NC(=O)c1ccc(OC)nc1. The lowest BCUT2D eigenvalue weighted by Gasteiger charge is -2.13. The van der Waals surface area contributed by atoms with Crippen LogP contribution in [0.1, 0.15) is 49.9 Å². The number of hydrogen-bond donors (Lipinski definition) is 1. The molecule has 0 spiro atoms. The molecule has 0 aliphatic rings. The summed E-state index contributed by atoms with van der Waals surface area (Å²) in [4.78, 5) is 15.9. The van der Waals surface area contributed by atoms with Crippen LogP contribution in [0.5, 0.6) is 5.88 Å². The highest BCUT2D eigenvalue weighted by Gasteiger charge is 2.09. The van der Waals surface area contributed by atoms with Crippen LogP contribution in [0.2, 0.25) is 0 Å². The van der Waals surface area contributed by atoms with Crippen molar-refractivity contribution in [3.05, 3.63) is 23.9 Å². The highest BCUT2D eigenvalue weighted by molar-refractivity contribution is 5.94. The Bertz CT molecular complexity index is 363. The third-order valence-electron chi connectivity index (χ3n) is 2.83. The van der Waals surface area contributed by atoms with Crippen molar-refractivity contribution in [2.75, 3.05) is 7.11 Å². The molecule has 0 bridgehead atoms. The van der Waals surface area contributed by atoms with Gasteiger partial charge in [-0.15, -0.1) is 0 Å². The molecule has 4 nitrogen and oxygen atoms in total. The lowest BCUT2D eigenvalue weighted by atomic mass is 10.1. The molecule has 0 fully saturated rings. The summed E-state index contributed by atoms with van der Waals surface area (Å²) in [6.45, 7) is 4.21. The standard InChI is InChI=1S/C14H22N2O2/c1-4-5-6-7-11(2)16-14(17)12-8-9-13(18-3)15-10-12/h8-11H,4-7H2,1-3H3,(H,16,17). The molecule has 0 saturated heterocycles. The first kappa shape index (κ1) is 14.5. The summed E-state index contributed by atoms with van der Waals surface area (Å²) in [6.07, 6.45) is 6.11. The van der Waals surface area contributed by atoms with Crippen molar-refractivity contribution in [3.63, 3.8) is 0 Å². The number of amides is 1. The lowest BCUT2D eigenvalue weighted by Crippen LogP contribution is -2.32. The molecule has 0 aliphatic carbocycles.